The first-order valence-electron chi connectivity index (χ1n) is 7.43. The third kappa shape index (κ3) is 3.14. The predicted octanol–water partition coefficient (Wildman–Crippen LogP) is 2.15. The number of aliphatic hydroxyl groups is 1. The van der Waals surface area contributed by atoms with E-state index >= 15 is 0 Å². The first-order chi connectivity index (χ1) is 10.3. The Balaban J connectivity index is 1.98. The minimum Gasteiger partial charge on any atom is -0.394 e. The molecule has 1 aromatic carbocycles. The van der Waals surface area contributed by atoms with Gasteiger partial charge in [0.05, 0.1) is 18.8 Å². The van der Waals surface area contributed by atoms with Crippen molar-refractivity contribution in [2.75, 3.05) is 19.7 Å². The van der Waals surface area contributed by atoms with Crippen LogP contribution in [0, 0.1) is 5.82 Å². The molecule has 4 nitrogen and oxygen atoms in total. The van der Waals surface area contributed by atoms with Gasteiger partial charge >= 0.3 is 0 Å². The molecule has 2 aromatic rings. The van der Waals surface area contributed by atoms with Crippen LogP contribution in [0.2, 0.25) is 0 Å². The first-order valence-corrected chi connectivity index (χ1v) is 7.43. The van der Waals surface area contributed by atoms with Crippen LogP contribution in [0.5, 0.6) is 0 Å². The van der Waals surface area contributed by atoms with Crippen molar-refractivity contribution in [3.05, 3.63) is 41.8 Å². The van der Waals surface area contributed by atoms with Crippen molar-refractivity contribution in [2.45, 2.75) is 25.3 Å². The van der Waals surface area contributed by atoms with Crippen LogP contribution in [0.25, 0.3) is 11.3 Å². The van der Waals surface area contributed by atoms with Crippen molar-refractivity contribution in [2.24, 2.45) is 0 Å². The molecule has 2 heterocycles. The van der Waals surface area contributed by atoms with Crippen LogP contribution in [-0.4, -0.2) is 34.6 Å². The van der Waals surface area contributed by atoms with E-state index < -0.39 is 0 Å². The lowest BCUT2D eigenvalue weighted by Gasteiger charge is -2.22. The predicted molar refractivity (Wildman–Crippen MR) is 79.6 cm³/mol. The summed E-state index contributed by atoms with van der Waals surface area (Å²) in [6, 6.07) is 6.47. The topological polar surface area (TPSA) is 50.1 Å². The van der Waals surface area contributed by atoms with E-state index in [9.17, 15) is 4.39 Å². The average Bonchev–Trinajstić information content (AvgIpc) is 2.93. The zero-order chi connectivity index (χ0) is 14.7. The molecule has 1 aliphatic rings. The van der Waals surface area contributed by atoms with Crippen molar-refractivity contribution in [3.8, 4) is 11.3 Å². The minimum atomic E-state index is -0.239. The molecule has 1 fully saturated rings. The lowest BCUT2D eigenvalue weighted by Crippen LogP contribution is -2.26. The number of nitrogens with zero attached hydrogens (tertiary/aromatic N) is 2. The molecule has 112 valence electrons. The Morgan fingerprint density at radius 1 is 1.24 bits per heavy atom. The Labute approximate surface area is 123 Å². The monoisotopic (exact) mass is 289 g/mol. The fourth-order valence-electron chi connectivity index (χ4n) is 2.92. The molecule has 0 aliphatic carbocycles. The Kier molecular flexibility index (Phi) is 4.31. The number of hydrogen-bond donors (Lipinski definition) is 2. The Morgan fingerprint density at radius 3 is 2.62 bits per heavy atom. The number of piperidine rings is 1. The number of hydrogen-bond acceptors (Lipinski definition) is 3. The molecule has 5 heteroatoms. The van der Waals surface area contributed by atoms with Gasteiger partial charge in [0, 0.05) is 17.3 Å². The summed E-state index contributed by atoms with van der Waals surface area (Å²) >= 11 is 0. The van der Waals surface area contributed by atoms with Gasteiger partial charge in [0.15, 0.2) is 0 Å². The van der Waals surface area contributed by atoms with Crippen LogP contribution < -0.4 is 5.32 Å². The van der Waals surface area contributed by atoms with Crippen LogP contribution in [-0.2, 0) is 6.54 Å². The molecule has 0 atom stereocenters. The summed E-state index contributed by atoms with van der Waals surface area (Å²) in [6.07, 6.45) is 4.20. The number of rotatable bonds is 4. The van der Waals surface area contributed by atoms with Gasteiger partial charge in [-0.2, -0.15) is 5.10 Å². The van der Waals surface area contributed by atoms with Crippen molar-refractivity contribution < 1.29 is 9.50 Å². The van der Waals surface area contributed by atoms with Gasteiger partial charge in [-0.25, -0.2) is 4.39 Å². The number of nitrogens with one attached hydrogen (secondary N) is 1. The van der Waals surface area contributed by atoms with Gasteiger partial charge in [-0.15, -0.1) is 0 Å². The highest BCUT2D eigenvalue weighted by atomic mass is 19.1. The summed E-state index contributed by atoms with van der Waals surface area (Å²) in [5, 5.41) is 17.1. The van der Waals surface area contributed by atoms with E-state index in [4.69, 9.17) is 5.11 Å². The van der Waals surface area contributed by atoms with E-state index in [0.717, 1.165) is 37.2 Å². The highest BCUT2D eigenvalue weighted by Crippen LogP contribution is 2.33. The van der Waals surface area contributed by atoms with Gasteiger partial charge < -0.3 is 10.4 Å². The van der Waals surface area contributed by atoms with Gasteiger partial charge in [-0.05, 0) is 56.1 Å². The van der Waals surface area contributed by atoms with Crippen LogP contribution in [0.4, 0.5) is 4.39 Å². The van der Waals surface area contributed by atoms with E-state index in [1.807, 2.05) is 6.20 Å². The van der Waals surface area contributed by atoms with Crippen molar-refractivity contribution in [1.29, 1.82) is 0 Å². The fourth-order valence-corrected chi connectivity index (χ4v) is 2.92. The molecule has 0 saturated carbocycles. The summed E-state index contributed by atoms with van der Waals surface area (Å²) in [7, 11) is 0. The molecule has 0 amide bonds. The zero-order valence-corrected chi connectivity index (χ0v) is 11.9. The first kappa shape index (κ1) is 14.2. The second kappa shape index (κ2) is 6.37. The molecule has 3 rings (SSSR count). The van der Waals surface area contributed by atoms with Gasteiger partial charge in [-0.1, -0.05) is 0 Å². The number of aliphatic hydroxyl groups excluding tert-OH is 1. The molecule has 1 aromatic heterocycles. The van der Waals surface area contributed by atoms with E-state index in [1.165, 1.54) is 17.7 Å². The maximum atomic E-state index is 13.1. The van der Waals surface area contributed by atoms with Gasteiger partial charge in [-0.3, -0.25) is 4.68 Å². The highest BCUT2D eigenvalue weighted by molar-refractivity contribution is 5.63. The summed E-state index contributed by atoms with van der Waals surface area (Å²) in [5.41, 5.74) is 3.05. The maximum Gasteiger partial charge on any atom is 0.123 e. The second-order valence-electron chi connectivity index (χ2n) is 5.45. The number of aromatic nitrogens is 2. The molecule has 1 aliphatic heterocycles. The van der Waals surface area contributed by atoms with E-state index in [-0.39, 0.29) is 12.4 Å². The zero-order valence-electron chi connectivity index (χ0n) is 11.9. The summed E-state index contributed by atoms with van der Waals surface area (Å²) in [6.45, 7) is 2.58. The smallest absolute Gasteiger partial charge is 0.123 e. The standard InChI is InChI=1S/C16H20FN3O/c17-14-3-1-13(2-4-14)16-15(11-20(19-16)9-10-21)12-5-7-18-8-6-12/h1-4,11-12,18,21H,5-10H2. The lowest BCUT2D eigenvalue weighted by molar-refractivity contribution is 0.269. The third-order valence-corrected chi connectivity index (χ3v) is 4.02. The molecule has 0 radical (unpaired) electrons. The molecule has 1 saturated heterocycles. The van der Waals surface area contributed by atoms with Crippen molar-refractivity contribution in [3.63, 3.8) is 0 Å². The third-order valence-electron chi connectivity index (χ3n) is 4.02. The van der Waals surface area contributed by atoms with Gasteiger partial charge in [0.25, 0.3) is 0 Å². The highest BCUT2D eigenvalue weighted by Gasteiger charge is 2.22. The summed E-state index contributed by atoms with van der Waals surface area (Å²) < 4.78 is 14.9. The molecular weight excluding hydrogens is 269 g/mol. The van der Waals surface area contributed by atoms with Crippen molar-refractivity contribution in [1.82, 2.24) is 15.1 Å². The molecule has 21 heavy (non-hydrogen) atoms. The van der Waals surface area contributed by atoms with Gasteiger partial charge in [0.1, 0.15) is 5.82 Å². The molecule has 0 unspecified atom stereocenters. The van der Waals surface area contributed by atoms with Crippen LogP contribution >= 0.6 is 0 Å². The van der Waals surface area contributed by atoms with E-state index in [2.05, 4.69) is 10.4 Å². The SMILES string of the molecule is OCCn1cc(C2CCNCC2)c(-c2ccc(F)cc2)n1. The minimum absolute atomic E-state index is 0.0657. The Bertz CT molecular complexity index is 588. The molecule has 0 bridgehead atoms. The fraction of sp³-hybridized carbons (Fsp3) is 0.438. The van der Waals surface area contributed by atoms with Crippen molar-refractivity contribution >= 4 is 0 Å². The summed E-state index contributed by atoms with van der Waals surface area (Å²) in [5.74, 6) is 0.232. The number of halogens is 1. The normalized spacial score (nSPS) is 16.3. The summed E-state index contributed by atoms with van der Waals surface area (Å²) in [4.78, 5) is 0. The van der Waals surface area contributed by atoms with Crippen LogP contribution in [0.15, 0.2) is 30.5 Å². The number of benzene rings is 1. The molecule has 0 spiro atoms. The largest absolute Gasteiger partial charge is 0.394 e. The second-order valence-corrected chi connectivity index (χ2v) is 5.45. The van der Waals surface area contributed by atoms with Crippen LogP contribution in [0.1, 0.15) is 24.3 Å². The Hall–Kier alpha value is -1.72. The quantitative estimate of drug-likeness (QED) is 0.907. The Morgan fingerprint density at radius 2 is 1.95 bits per heavy atom. The van der Waals surface area contributed by atoms with Crippen LogP contribution in [0.3, 0.4) is 0 Å². The molecular formula is C16H20FN3O. The lowest BCUT2D eigenvalue weighted by atomic mass is 9.89. The van der Waals surface area contributed by atoms with Gasteiger partial charge in [0.2, 0.25) is 0 Å². The average molecular weight is 289 g/mol. The maximum absolute atomic E-state index is 13.1. The van der Waals surface area contributed by atoms with E-state index in [1.54, 1.807) is 16.8 Å². The molecule has 2 N–H and O–H groups in total. The van der Waals surface area contributed by atoms with E-state index in [0.29, 0.717) is 12.5 Å².